The highest BCUT2D eigenvalue weighted by molar-refractivity contribution is 5.79. The lowest BCUT2D eigenvalue weighted by Gasteiger charge is -2.29. The average molecular weight is 287 g/mol. The summed E-state index contributed by atoms with van der Waals surface area (Å²) < 4.78 is 9.69. The van der Waals surface area contributed by atoms with Crippen molar-refractivity contribution in [3.8, 4) is 0 Å². The quantitative estimate of drug-likeness (QED) is 0.535. The van der Waals surface area contributed by atoms with Gasteiger partial charge in [0.15, 0.2) is 6.29 Å². The summed E-state index contributed by atoms with van der Waals surface area (Å²) in [5.74, 6) is -0.222. The summed E-state index contributed by atoms with van der Waals surface area (Å²) in [5.41, 5.74) is 0. The molecule has 1 saturated carbocycles. The van der Waals surface area contributed by atoms with E-state index in [1.165, 1.54) is 7.11 Å². The maximum absolute atomic E-state index is 11.9. The molecule has 0 aliphatic heterocycles. The van der Waals surface area contributed by atoms with Gasteiger partial charge >= 0.3 is 5.97 Å². The predicted octanol–water partition coefficient (Wildman–Crippen LogP) is 0.827. The summed E-state index contributed by atoms with van der Waals surface area (Å²) in [5, 5.41) is 12.4. The van der Waals surface area contributed by atoms with Crippen molar-refractivity contribution in [2.24, 2.45) is 11.8 Å². The van der Waals surface area contributed by atoms with Crippen molar-refractivity contribution < 1.29 is 24.2 Å². The van der Waals surface area contributed by atoms with E-state index in [1.54, 1.807) is 6.92 Å². The second-order valence-electron chi connectivity index (χ2n) is 5.08. The topological polar surface area (TPSA) is 84.9 Å². The summed E-state index contributed by atoms with van der Waals surface area (Å²) in [7, 11) is 1.48. The van der Waals surface area contributed by atoms with Gasteiger partial charge in [-0.25, -0.2) is 0 Å². The van der Waals surface area contributed by atoms with E-state index in [9.17, 15) is 14.7 Å². The molecular weight excluding hydrogens is 262 g/mol. The van der Waals surface area contributed by atoms with E-state index in [2.05, 4.69) is 5.32 Å². The molecule has 1 amide bonds. The van der Waals surface area contributed by atoms with E-state index in [1.807, 2.05) is 0 Å². The summed E-state index contributed by atoms with van der Waals surface area (Å²) in [6.45, 7) is 2.43. The summed E-state index contributed by atoms with van der Waals surface area (Å²) >= 11 is 0. The largest absolute Gasteiger partial charge is 0.466 e. The van der Waals surface area contributed by atoms with Gasteiger partial charge in [-0.05, 0) is 32.6 Å². The van der Waals surface area contributed by atoms with Crippen molar-refractivity contribution in [3.05, 3.63) is 0 Å². The number of esters is 1. The highest BCUT2D eigenvalue weighted by Gasteiger charge is 2.29. The maximum atomic E-state index is 11.9. The molecule has 0 aromatic carbocycles. The second-order valence-corrected chi connectivity index (χ2v) is 5.08. The standard InChI is InChI=1S/C14H25NO5/c1-3-20-12(16)8-9-15-13(17)10-4-6-11(7-5-10)14(18)19-2/h10-11,14,18H,3-9H2,1-2H3,(H,15,17)/t10-,11+,14?. The molecule has 0 radical (unpaired) electrons. The Balaban J connectivity index is 2.21. The van der Waals surface area contributed by atoms with Crippen LogP contribution in [0.3, 0.4) is 0 Å². The molecule has 20 heavy (non-hydrogen) atoms. The number of hydrogen-bond acceptors (Lipinski definition) is 5. The molecule has 1 aliphatic carbocycles. The highest BCUT2D eigenvalue weighted by atomic mass is 16.6. The predicted molar refractivity (Wildman–Crippen MR) is 72.7 cm³/mol. The third kappa shape index (κ3) is 5.46. The van der Waals surface area contributed by atoms with Gasteiger partial charge in [-0.15, -0.1) is 0 Å². The van der Waals surface area contributed by atoms with Crippen LogP contribution in [0.25, 0.3) is 0 Å². The second kappa shape index (κ2) is 8.92. The van der Waals surface area contributed by atoms with Crippen LogP contribution in [0.15, 0.2) is 0 Å². The van der Waals surface area contributed by atoms with Crippen LogP contribution in [-0.4, -0.2) is 43.5 Å². The minimum absolute atomic E-state index is 0.0142. The fourth-order valence-corrected chi connectivity index (χ4v) is 2.52. The first kappa shape index (κ1) is 16.9. The van der Waals surface area contributed by atoms with Gasteiger partial charge < -0.3 is 19.9 Å². The molecule has 0 spiro atoms. The molecule has 116 valence electrons. The van der Waals surface area contributed by atoms with E-state index >= 15 is 0 Å². The van der Waals surface area contributed by atoms with Gasteiger partial charge in [0.25, 0.3) is 0 Å². The monoisotopic (exact) mass is 287 g/mol. The Morgan fingerprint density at radius 2 is 1.95 bits per heavy atom. The number of carbonyl (C=O) groups excluding carboxylic acids is 2. The number of amides is 1. The first-order valence-corrected chi connectivity index (χ1v) is 7.22. The van der Waals surface area contributed by atoms with Gasteiger partial charge in [-0.3, -0.25) is 9.59 Å². The van der Waals surface area contributed by atoms with Crippen LogP contribution >= 0.6 is 0 Å². The zero-order valence-corrected chi connectivity index (χ0v) is 12.3. The van der Waals surface area contributed by atoms with Gasteiger partial charge in [0.1, 0.15) is 0 Å². The van der Waals surface area contributed by atoms with Gasteiger partial charge in [-0.1, -0.05) is 0 Å². The molecule has 0 aromatic heterocycles. The van der Waals surface area contributed by atoms with Crippen molar-refractivity contribution >= 4 is 11.9 Å². The zero-order chi connectivity index (χ0) is 15.0. The number of aliphatic hydroxyl groups excluding tert-OH is 1. The van der Waals surface area contributed by atoms with E-state index in [4.69, 9.17) is 9.47 Å². The minimum atomic E-state index is -0.733. The SMILES string of the molecule is CCOC(=O)CCNC(=O)[C@H]1CC[C@@H](C(O)OC)CC1. The van der Waals surface area contributed by atoms with Crippen molar-refractivity contribution in [2.75, 3.05) is 20.3 Å². The lowest BCUT2D eigenvalue weighted by atomic mass is 9.81. The number of hydrogen-bond donors (Lipinski definition) is 2. The number of rotatable bonds is 7. The van der Waals surface area contributed by atoms with Crippen LogP contribution in [0.1, 0.15) is 39.0 Å². The van der Waals surface area contributed by atoms with Crippen LogP contribution in [0.2, 0.25) is 0 Å². The van der Waals surface area contributed by atoms with E-state index in [-0.39, 0.29) is 30.1 Å². The van der Waals surface area contributed by atoms with E-state index < -0.39 is 6.29 Å². The highest BCUT2D eigenvalue weighted by Crippen LogP contribution is 2.31. The molecule has 1 aliphatic rings. The smallest absolute Gasteiger partial charge is 0.307 e. The lowest BCUT2D eigenvalue weighted by molar-refractivity contribution is -0.143. The first-order chi connectivity index (χ1) is 9.58. The average Bonchev–Trinajstić information content (AvgIpc) is 2.46. The van der Waals surface area contributed by atoms with Gasteiger partial charge in [-0.2, -0.15) is 0 Å². The van der Waals surface area contributed by atoms with Crippen molar-refractivity contribution in [1.29, 1.82) is 0 Å². The van der Waals surface area contributed by atoms with Crippen LogP contribution in [0, 0.1) is 11.8 Å². The molecule has 0 heterocycles. The molecule has 6 heteroatoms. The minimum Gasteiger partial charge on any atom is -0.466 e. The Bertz CT molecular complexity index is 313. The fraction of sp³-hybridized carbons (Fsp3) is 0.857. The summed E-state index contributed by atoms with van der Waals surface area (Å²) in [6.07, 6.45) is 2.53. The molecule has 0 aromatic rings. The zero-order valence-electron chi connectivity index (χ0n) is 12.3. The van der Waals surface area contributed by atoms with Crippen LogP contribution in [-0.2, 0) is 19.1 Å². The van der Waals surface area contributed by atoms with Gasteiger partial charge in [0.2, 0.25) is 5.91 Å². The molecule has 0 saturated heterocycles. The van der Waals surface area contributed by atoms with Gasteiger partial charge in [0, 0.05) is 25.5 Å². The lowest BCUT2D eigenvalue weighted by Crippen LogP contribution is -2.36. The van der Waals surface area contributed by atoms with Crippen molar-refractivity contribution in [3.63, 3.8) is 0 Å². The maximum Gasteiger partial charge on any atom is 0.307 e. The molecule has 1 rings (SSSR count). The third-order valence-corrected chi connectivity index (χ3v) is 3.72. The van der Waals surface area contributed by atoms with Crippen LogP contribution < -0.4 is 5.32 Å². The molecule has 1 atom stereocenters. The van der Waals surface area contributed by atoms with Crippen molar-refractivity contribution in [2.45, 2.75) is 45.3 Å². The summed E-state index contributed by atoms with van der Waals surface area (Å²) in [6, 6.07) is 0. The number of carbonyl (C=O) groups is 2. The Kier molecular flexibility index (Phi) is 7.54. The number of nitrogens with one attached hydrogen (secondary N) is 1. The van der Waals surface area contributed by atoms with Crippen LogP contribution in [0.4, 0.5) is 0 Å². The molecule has 0 bridgehead atoms. The first-order valence-electron chi connectivity index (χ1n) is 7.22. The third-order valence-electron chi connectivity index (χ3n) is 3.72. The van der Waals surface area contributed by atoms with Crippen molar-refractivity contribution in [1.82, 2.24) is 5.32 Å². The Morgan fingerprint density at radius 3 is 2.50 bits per heavy atom. The normalized spacial score (nSPS) is 23.9. The fourth-order valence-electron chi connectivity index (χ4n) is 2.52. The summed E-state index contributed by atoms with van der Waals surface area (Å²) in [4.78, 5) is 23.1. The molecule has 1 fully saturated rings. The van der Waals surface area contributed by atoms with Gasteiger partial charge in [0.05, 0.1) is 13.0 Å². The van der Waals surface area contributed by atoms with Crippen LogP contribution in [0.5, 0.6) is 0 Å². The Hall–Kier alpha value is -1.14. The molecule has 6 nitrogen and oxygen atoms in total. The number of methoxy groups -OCH3 is 1. The molecule has 1 unspecified atom stereocenters. The number of aliphatic hydroxyl groups is 1. The van der Waals surface area contributed by atoms with E-state index in [0.29, 0.717) is 13.2 Å². The molecular formula is C14H25NO5. The van der Waals surface area contributed by atoms with E-state index in [0.717, 1.165) is 25.7 Å². The Morgan fingerprint density at radius 1 is 1.30 bits per heavy atom. The Labute approximate surface area is 119 Å². The molecule has 2 N–H and O–H groups in total. The number of ether oxygens (including phenoxy) is 2.